The zero-order valence-electron chi connectivity index (χ0n) is 13.1. The van der Waals surface area contributed by atoms with Gasteiger partial charge in [0.05, 0.1) is 6.21 Å². The third-order valence-corrected chi connectivity index (χ3v) is 3.33. The molecule has 0 aliphatic carbocycles. The van der Waals surface area contributed by atoms with Crippen LogP contribution in [0.4, 0.5) is 5.95 Å². The number of nitrogens with zero attached hydrogens (tertiary/aromatic N) is 5. The number of rotatable bonds is 4. The van der Waals surface area contributed by atoms with E-state index in [9.17, 15) is 0 Å². The summed E-state index contributed by atoms with van der Waals surface area (Å²) in [6.07, 6.45) is 5.04. The molecule has 0 N–H and O–H groups in total. The van der Waals surface area contributed by atoms with Crippen molar-refractivity contribution >= 4 is 18.4 Å². The highest BCUT2D eigenvalue weighted by atomic mass is 15.5. The molecule has 0 fully saturated rings. The maximum Gasteiger partial charge on any atom is 0.271 e. The van der Waals surface area contributed by atoms with Gasteiger partial charge in [0.2, 0.25) is 0 Å². The van der Waals surface area contributed by atoms with E-state index in [0.29, 0.717) is 5.95 Å². The Labute approximate surface area is 135 Å². The normalized spacial score (nSPS) is 11.6. The van der Waals surface area contributed by atoms with Crippen molar-refractivity contribution in [2.45, 2.75) is 13.8 Å². The van der Waals surface area contributed by atoms with Gasteiger partial charge >= 0.3 is 0 Å². The molecular formula is C18H17N5. The smallest absolute Gasteiger partial charge is 0.218 e. The van der Waals surface area contributed by atoms with Crippen molar-refractivity contribution in [1.82, 2.24) is 14.9 Å². The van der Waals surface area contributed by atoms with Crippen LogP contribution in [0.1, 0.15) is 22.3 Å². The fraction of sp³-hybridized carbons (Fsp3) is 0.111. The van der Waals surface area contributed by atoms with Crippen LogP contribution in [0.5, 0.6) is 0 Å². The van der Waals surface area contributed by atoms with Gasteiger partial charge in [-0.25, -0.2) is 4.99 Å². The molecule has 0 amide bonds. The van der Waals surface area contributed by atoms with Gasteiger partial charge in [0.1, 0.15) is 6.33 Å². The van der Waals surface area contributed by atoms with Crippen LogP contribution in [0.3, 0.4) is 0 Å². The number of benzene rings is 2. The molecule has 0 saturated heterocycles. The molecule has 0 radical (unpaired) electrons. The monoisotopic (exact) mass is 303 g/mol. The minimum atomic E-state index is 0.439. The SMILES string of the molecule is Cc1ccc(C=Nc2nncn2/N=C\c2ccc(C)cc2)cc1. The Morgan fingerprint density at radius 1 is 0.826 bits per heavy atom. The molecule has 1 aromatic heterocycles. The minimum absolute atomic E-state index is 0.439. The van der Waals surface area contributed by atoms with E-state index in [1.54, 1.807) is 17.1 Å². The number of hydrogen-bond donors (Lipinski definition) is 0. The van der Waals surface area contributed by atoms with Crippen molar-refractivity contribution in [3.63, 3.8) is 0 Å². The molecule has 0 unspecified atom stereocenters. The Bertz CT molecular complexity index is 757. The Morgan fingerprint density at radius 2 is 1.39 bits per heavy atom. The van der Waals surface area contributed by atoms with Crippen molar-refractivity contribution in [2.24, 2.45) is 10.1 Å². The minimum Gasteiger partial charge on any atom is -0.218 e. The standard InChI is InChI=1S/C18H17N5/c1-14-3-7-16(8-4-14)11-19-18-22-20-13-23(18)21-12-17-9-5-15(2)6-10-17/h3-13H,1-2H3/b19-11?,21-12-. The summed E-state index contributed by atoms with van der Waals surface area (Å²) < 4.78 is 1.55. The van der Waals surface area contributed by atoms with Gasteiger partial charge in [-0.3, -0.25) is 0 Å². The molecular weight excluding hydrogens is 286 g/mol. The summed E-state index contributed by atoms with van der Waals surface area (Å²) in [4.78, 5) is 4.34. The maximum absolute atomic E-state index is 4.35. The van der Waals surface area contributed by atoms with Gasteiger partial charge in [0.25, 0.3) is 5.95 Å². The topological polar surface area (TPSA) is 55.4 Å². The highest BCUT2D eigenvalue weighted by molar-refractivity contribution is 5.81. The molecule has 114 valence electrons. The second kappa shape index (κ2) is 6.79. The van der Waals surface area contributed by atoms with E-state index in [2.05, 4.69) is 34.1 Å². The summed E-state index contributed by atoms with van der Waals surface area (Å²) >= 11 is 0. The van der Waals surface area contributed by atoms with Crippen LogP contribution in [0.25, 0.3) is 0 Å². The lowest BCUT2D eigenvalue weighted by Crippen LogP contribution is -1.90. The molecule has 23 heavy (non-hydrogen) atoms. The maximum atomic E-state index is 4.35. The van der Waals surface area contributed by atoms with Crippen molar-refractivity contribution < 1.29 is 0 Å². The summed E-state index contributed by atoms with van der Waals surface area (Å²) in [5.74, 6) is 0.439. The van der Waals surface area contributed by atoms with Crippen molar-refractivity contribution in [1.29, 1.82) is 0 Å². The first-order chi connectivity index (χ1) is 11.2. The lowest BCUT2D eigenvalue weighted by Gasteiger charge is -1.97. The van der Waals surface area contributed by atoms with Gasteiger partial charge in [0.15, 0.2) is 0 Å². The summed E-state index contributed by atoms with van der Waals surface area (Å²) in [5.41, 5.74) is 4.45. The van der Waals surface area contributed by atoms with Crippen LogP contribution in [0.2, 0.25) is 0 Å². The fourth-order valence-corrected chi connectivity index (χ4v) is 1.96. The van der Waals surface area contributed by atoms with E-state index in [0.717, 1.165) is 11.1 Å². The quantitative estimate of drug-likeness (QED) is 0.692. The first-order valence-electron chi connectivity index (χ1n) is 7.32. The Hall–Kier alpha value is -3.08. The highest BCUT2D eigenvalue weighted by Crippen LogP contribution is 2.08. The van der Waals surface area contributed by atoms with Crippen LogP contribution in [-0.4, -0.2) is 27.3 Å². The molecule has 2 aromatic carbocycles. The van der Waals surface area contributed by atoms with Gasteiger partial charge < -0.3 is 0 Å². The van der Waals surface area contributed by atoms with Crippen molar-refractivity contribution in [3.05, 3.63) is 77.1 Å². The molecule has 0 spiro atoms. The van der Waals surface area contributed by atoms with Gasteiger partial charge in [-0.1, -0.05) is 59.7 Å². The zero-order chi connectivity index (χ0) is 16.1. The number of hydrogen-bond acceptors (Lipinski definition) is 4. The first kappa shape index (κ1) is 14.8. The predicted octanol–water partition coefficient (Wildman–Crippen LogP) is 3.53. The first-order valence-corrected chi connectivity index (χ1v) is 7.32. The van der Waals surface area contributed by atoms with Crippen LogP contribution in [-0.2, 0) is 0 Å². The summed E-state index contributed by atoms with van der Waals surface area (Å²) in [6, 6.07) is 16.2. The zero-order valence-corrected chi connectivity index (χ0v) is 13.1. The molecule has 0 atom stereocenters. The number of aryl methyl sites for hydroxylation is 2. The van der Waals surface area contributed by atoms with Gasteiger partial charge in [-0.05, 0) is 25.0 Å². The van der Waals surface area contributed by atoms with Gasteiger partial charge in [0, 0.05) is 6.21 Å². The van der Waals surface area contributed by atoms with Crippen molar-refractivity contribution in [3.8, 4) is 0 Å². The molecule has 0 aliphatic rings. The van der Waals surface area contributed by atoms with E-state index < -0.39 is 0 Å². The summed E-state index contributed by atoms with van der Waals surface area (Å²) in [5, 5.41) is 12.2. The van der Waals surface area contributed by atoms with E-state index in [1.807, 2.05) is 48.5 Å². The van der Waals surface area contributed by atoms with E-state index in [1.165, 1.54) is 17.5 Å². The average molecular weight is 303 g/mol. The second-order valence-electron chi connectivity index (χ2n) is 5.30. The fourth-order valence-electron chi connectivity index (χ4n) is 1.96. The van der Waals surface area contributed by atoms with Crippen LogP contribution in [0.15, 0.2) is 65.0 Å². The van der Waals surface area contributed by atoms with Crippen LogP contribution in [0, 0.1) is 13.8 Å². The van der Waals surface area contributed by atoms with E-state index in [-0.39, 0.29) is 0 Å². The Morgan fingerprint density at radius 3 is 2.00 bits per heavy atom. The third kappa shape index (κ3) is 3.97. The molecule has 0 bridgehead atoms. The number of aliphatic imine (C=N–C) groups is 1. The van der Waals surface area contributed by atoms with Crippen LogP contribution < -0.4 is 0 Å². The summed E-state index contributed by atoms with van der Waals surface area (Å²) in [6.45, 7) is 4.11. The Balaban J connectivity index is 1.76. The molecule has 0 aliphatic heterocycles. The molecule has 5 heteroatoms. The second-order valence-corrected chi connectivity index (χ2v) is 5.30. The molecule has 0 saturated carbocycles. The van der Waals surface area contributed by atoms with Crippen LogP contribution >= 0.6 is 0 Å². The average Bonchev–Trinajstić information content (AvgIpc) is 3.01. The molecule has 3 aromatic rings. The van der Waals surface area contributed by atoms with Gasteiger partial charge in [-0.15, -0.1) is 10.2 Å². The predicted molar refractivity (Wildman–Crippen MR) is 92.6 cm³/mol. The molecule has 3 rings (SSSR count). The molecule has 5 nitrogen and oxygen atoms in total. The lowest BCUT2D eigenvalue weighted by atomic mass is 10.2. The third-order valence-electron chi connectivity index (χ3n) is 3.33. The Kier molecular flexibility index (Phi) is 4.38. The van der Waals surface area contributed by atoms with E-state index >= 15 is 0 Å². The van der Waals surface area contributed by atoms with E-state index in [4.69, 9.17) is 0 Å². The van der Waals surface area contributed by atoms with Crippen molar-refractivity contribution in [2.75, 3.05) is 0 Å². The van der Waals surface area contributed by atoms with Gasteiger partial charge in [-0.2, -0.15) is 9.78 Å². The number of aromatic nitrogens is 3. The molecule has 1 heterocycles. The highest BCUT2D eigenvalue weighted by Gasteiger charge is 1.99. The lowest BCUT2D eigenvalue weighted by molar-refractivity contribution is 0.879. The largest absolute Gasteiger partial charge is 0.271 e. The summed E-state index contributed by atoms with van der Waals surface area (Å²) in [7, 11) is 0.